The highest BCUT2D eigenvalue weighted by Gasteiger charge is 2.25. The molecule has 3 aromatic rings. The van der Waals surface area contributed by atoms with E-state index in [-0.39, 0.29) is 11.9 Å². The number of ether oxygens (including phenoxy) is 3. The second-order valence-corrected chi connectivity index (χ2v) is 10.3. The zero-order valence-corrected chi connectivity index (χ0v) is 22.0. The van der Waals surface area contributed by atoms with Crippen molar-refractivity contribution >= 4 is 22.8 Å². The van der Waals surface area contributed by atoms with Crippen LogP contribution in [0.3, 0.4) is 0 Å². The van der Waals surface area contributed by atoms with Crippen LogP contribution in [0.2, 0.25) is 0 Å². The summed E-state index contributed by atoms with van der Waals surface area (Å²) >= 11 is 0. The van der Waals surface area contributed by atoms with Gasteiger partial charge in [0.05, 0.1) is 50.2 Å². The van der Waals surface area contributed by atoms with E-state index < -0.39 is 6.43 Å². The maximum Gasteiger partial charge on any atom is 0.296 e. The summed E-state index contributed by atoms with van der Waals surface area (Å²) in [5, 5.41) is 3.50. The number of imidazole rings is 1. The number of para-hydroxylation sites is 2. The Morgan fingerprint density at radius 1 is 0.949 bits per heavy atom. The Kier molecular flexibility index (Phi) is 8.14. The predicted octanol–water partition coefficient (Wildman–Crippen LogP) is 3.13. The summed E-state index contributed by atoms with van der Waals surface area (Å²) in [5.41, 5.74) is 1.09. The maximum atomic E-state index is 14.1. The van der Waals surface area contributed by atoms with Crippen LogP contribution in [0.25, 0.3) is 16.9 Å². The van der Waals surface area contributed by atoms with Crippen LogP contribution in [0, 0.1) is 5.92 Å². The Hall–Kier alpha value is -2.93. The number of morpholine rings is 1. The van der Waals surface area contributed by atoms with Crippen molar-refractivity contribution in [2.75, 3.05) is 82.5 Å². The Morgan fingerprint density at radius 3 is 2.54 bits per heavy atom. The molecule has 1 atom stereocenters. The third kappa shape index (κ3) is 6.13. The lowest BCUT2D eigenvalue weighted by molar-refractivity contribution is -0.0992. The minimum absolute atomic E-state index is 0.156. The Bertz CT molecular complexity index is 1240. The zero-order valence-electron chi connectivity index (χ0n) is 22.0. The van der Waals surface area contributed by atoms with Gasteiger partial charge in [0.15, 0.2) is 5.82 Å². The van der Waals surface area contributed by atoms with E-state index in [1.165, 1.54) is 4.57 Å². The molecular formula is C27H35F2N7O3. The molecule has 10 nitrogen and oxygen atoms in total. The summed E-state index contributed by atoms with van der Waals surface area (Å²) in [6.45, 7) is 8.14. The number of alkyl halides is 2. The number of anilines is 2. The lowest BCUT2D eigenvalue weighted by Crippen LogP contribution is -2.44. The van der Waals surface area contributed by atoms with Gasteiger partial charge in [-0.3, -0.25) is 4.57 Å². The van der Waals surface area contributed by atoms with Gasteiger partial charge in [0, 0.05) is 32.2 Å². The van der Waals surface area contributed by atoms with E-state index >= 15 is 0 Å². The summed E-state index contributed by atoms with van der Waals surface area (Å²) in [6, 6.07) is 8.89. The minimum Gasteiger partial charge on any atom is -0.378 e. The van der Waals surface area contributed by atoms with Crippen LogP contribution in [0.4, 0.5) is 20.5 Å². The van der Waals surface area contributed by atoms with Crippen molar-refractivity contribution in [1.29, 1.82) is 0 Å². The maximum absolute atomic E-state index is 14.1. The van der Waals surface area contributed by atoms with Gasteiger partial charge in [0.1, 0.15) is 11.6 Å². The van der Waals surface area contributed by atoms with E-state index in [4.69, 9.17) is 24.2 Å². The fourth-order valence-corrected chi connectivity index (χ4v) is 5.52. The van der Waals surface area contributed by atoms with Crippen LogP contribution in [0.1, 0.15) is 25.1 Å². The van der Waals surface area contributed by atoms with Crippen molar-refractivity contribution in [3.05, 3.63) is 36.2 Å². The average Bonchev–Trinajstić information content (AvgIpc) is 3.38. The van der Waals surface area contributed by atoms with Gasteiger partial charge in [-0.15, -0.1) is 0 Å². The van der Waals surface area contributed by atoms with Gasteiger partial charge in [-0.2, -0.15) is 9.97 Å². The van der Waals surface area contributed by atoms with Crippen LogP contribution < -0.4 is 10.2 Å². The van der Waals surface area contributed by atoms with Gasteiger partial charge in [-0.25, -0.2) is 13.8 Å². The first-order chi connectivity index (χ1) is 19.1. The Balaban J connectivity index is 1.20. The molecule has 3 fully saturated rings. The molecule has 1 unspecified atom stereocenters. The third-order valence-corrected chi connectivity index (χ3v) is 7.63. The molecule has 1 aromatic carbocycles. The fraction of sp³-hybridized carbons (Fsp3) is 0.593. The second kappa shape index (κ2) is 12.1. The van der Waals surface area contributed by atoms with E-state index in [0.29, 0.717) is 80.7 Å². The summed E-state index contributed by atoms with van der Waals surface area (Å²) < 4.78 is 46.5. The largest absolute Gasteiger partial charge is 0.378 e. The van der Waals surface area contributed by atoms with Crippen LogP contribution in [0.15, 0.2) is 30.3 Å². The molecule has 3 aliphatic heterocycles. The number of nitrogens with one attached hydrogen (secondary N) is 1. The average molecular weight is 544 g/mol. The summed E-state index contributed by atoms with van der Waals surface area (Å²) in [5.74, 6) is 1.66. The number of rotatable bonds is 8. The number of piperidine rings is 1. The van der Waals surface area contributed by atoms with Gasteiger partial charge in [0.2, 0.25) is 5.95 Å². The van der Waals surface area contributed by atoms with Crippen LogP contribution in [-0.4, -0.2) is 103 Å². The van der Waals surface area contributed by atoms with Crippen molar-refractivity contribution in [1.82, 2.24) is 24.4 Å². The number of hydrogen-bond donors (Lipinski definition) is 1. The van der Waals surface area contributed by atoms with Crippen molar-refractivity contribution in [2.24, 2.45) is 5.92 Å². The van der Waals surface area contributed by atoms with Gasteiger partial charge in [0.25, 0.3) is 6.43 Å². The van der Waals surface area contributed by atoms with Crippen molar-refractivity contribution < 1.29 is 23.0 Å². The molecule has 12 heteroatoms. The van der Waals surface area contributed by atoms with E-state index in [9.17, 15) is 8.78 Å². The van der Waals surface area contributed by atoms with Gasteiger partial charge >= 0.3 is 0 Å². The second-order valence-electron chi connectivity index (χ2n) is 10.3. The topological polar surface area (TPSA) is 89.8 Å². The standard InChI is InChI=1S/C27H35F2N7O3/c28-25(29)26-31-21-3-1-2-4-22(21)36(26)24-15-23(32-27(33-24)35-9-11-37-12-10-35)30-16-19-5-7-34(8-6-19)17-20-18-38-13-14-39-20/h1-4,15,19-20,25H,5-14,16-18H2,(H,30,32,33). The van der Waals surface area contributed by atoms with E-state index in [1.807, 2.05) is 11.0 Å². The van der Waals surface area contributed by atoms with Crippen molar-refractivity contribution in [2.45, 2.75) is 25.4 Å². The van der Waals surface area contributed by atoms with E-state index in [1.54, 1.807) is 24.3 Å². The summed E-state index contributed by atoms with van der Waals surface area (Å²) in [4.78, 5) is 18.2. The van der Waals surface area contributed by atoms with Crippen LogP contribution in [-0.2, 0) is 14.2 Å². The number of aromatic nitrogens is 4. The molecule has 1 N–H and O–H groups in total. The number of nitrogens with zero attached hydrogens (tertiary/aromatic N) is 6. The summed E-state index contributed by atoms with van der Waals surface area (Å²) in [6.07, 6.45) is -0.456. The molecule has 5 heterocycles. The molecule has 0 bridgehead atoms. The molecule has 0 amide bonds. The Morgan fingerprint density at radius 2 is 1.77 bits per heavy atom. The molecule has 0 spiro atoms. The number of halogens is 2. The zero-order chi connectivity index (χ0) is 26.6. The molecule has 3 saturated heterocycles. The molecule has 0 aliphatic carbocycles. The van der Waals surface area contributed by atoms with Crippen molar-refractivity contribution in [3.63, 3.8) is 0 Å². The van der Waals surface area contributed by atoms with Gasteiger partial charge < -0.3 is 29.3 Å². The minimum atomic E-state index is -2.74. The molecule has 3 aliphatic rings. The Labute approximate surface area is 226 Å². The first-order valence-electron chi connectivity index (χ1n) is 13.8. The molecule has 39 heavy (non-hydrogen) atoms. The van der Waals surface area contributed by atoms with Crippen LogP contribution >= 0.6 is 0 Å². The third-order valence-electron chi connectivity index (χ3n) is 7.63. The highest BCUT2D eigenvalue weighted by molar-refractivity contribution is 5.78. The fourth-order valence-electron chi connectivity index (χ4n) is 5.52. The molecule has 6 rings (SSSR count). The molecular weight excluding hydrogens is 508 g/mol. The van der Waals surface area contributed by atoms with Crippen LogP contribution in [0.5, 0.6) is 0 Å². The smallest absolute Gasteiger partial charge is 0.296 e. The van der Waals surface area contributed by atoms with Crippen molar-refractivity contribution in [3.8, 4) is 5.82 Å². The normalized spacial score (nSPS) is 21.6. The monoisotopic (exact) mass is 543 g/mol. The molecule has 2 aromatic heterocycles. The quantitative estimate of drug-likeness (QED) is 0.460. The number of likely N-dealkylation sites (tertiary alicyclic amines) is 1. The highest BCUT2D eigenvalue weighted by atomic mass is 19.3. The van der Waals surface area contributed by atoms with Gasteiger partial charge in [-0.1, -0.05) is 12.1 Å². The highest BCUT2D eigenvalue weighted by Crippen LogP contribution is 2.29. The van der Waals surface area contributed by atoms with E-state index in [0.717, 1.165) is 39.0 Å². The first-order valence-corrected chi connectivity index (χ1v) is 13.8. The predicted molar refractivity (Wildman–Crippen MR) is 143 cm³/mol. The van der Waals surface area contributed by atoms with Gasteiger partial charge in [-0.05, 0) is 44.0 Å². The lowest BCUT2D eigenvalue weighted by atomic mass is 9.96. The molecule has 210 valence electrons. The first kappa shape index (κ1) is 26.3. The number of benzene rings is 1. The lowest BCUT2D eigenvalue weighted by Gasteiger charge is -2.35. The summed E-state index contributed by atoms with van der Waals surface area (Å²) in [7, 11) is 0. The SMILES string of the molecule is FC(F)c1nc2ccccc2n1-c1cc(NCC2CCN(CC3COCCO3)CC2)nc(N2CCOCC2)n1. The molecule has 0 radical (unpaired) electrons. The van der Waals surface area contributed by atoms with E-state index in [2.05, 4.69) is 15.2 Å². The number of fused-ring (bicyclic) bond motifs is 1. The molecule has 0 saturated carbocycles. The number of hydrogen-bond acceptors (Lipinski definition) is 9.